The third-order valence-electron chi connectivity index (χ3n) is 8.39. The van der Waals surface area contributed by atoms with Crippen molar-refractivity contribution in [2.24, 2.45) is 10.8 Å². The maximum atomic E-state index is 14.2. The van der Waals surface area contributed by atoms with Crippen LogP contribution in [0.25, 0.3) is 5.57 Å². The molecule has 1 heterocycles. The van der Waals surface area contributed by atoms with Gasteiger partial charge in [-0.15, -0.1) is 0 Å². The molecule has 0 radical (unpaired) electrons. The molecule has 39 heavy (non-hydrogen) atoms. The molecule has 2 aliphatic rings. The monoisotopic (exact) mass is 521 g/mol. The number of nitrogens with zero attached hydrogens (tertiary/aromatic N) is 1. The summed E-state index contributed by atoms with van der Waals surface area (Å²) in [6.07, 6.45) is 5.33. The quantitative estimate of drug-likeness (QED) is 0.362. The Morgan fingerprint density at radius 2 is 1.51 bits per heavy atom. The first-order chi connectivity index (χ1) is 18.6. The molecule has 5 rings (SSSR count). The number of amides is 1. The Labute approximate surface area is 230 Å². The molecule has 0 fully saturated rings. The Kier molecular flexibility index (Phi) is 6.94. The van der Waals surface area contributed by atoms with E-state index in [4.69, 9.17) is 4.74 Å². The zero-order valence-electron chi connectivity index (χ0n) is 23.0. The summed E-state index contributed by atoms with van der Waals surface area (Å²) in [4.78, 5) is 27.5. The van der Waals surface area contributed by atoms with E-state index in [1.165, 1.54) is 11.1 Å². The van der Waals surface area contributed by atoms with E-state index in [9.17, 15) is 14.7 Å². The number of benzene rings is 3. The highest BCUT2D eigenvalue weighted by Crippen LogP contribution is 2.55. The van der Waals surface area contributed by atoms with Crippen molar-refractivity contribution in [1.29, 1.82) is 0 Å². The zero-order valence-corrected chi connectivity index (χ0v) is 23.0. The fourth-order valence-corrected chi connectivity index (χ4v) is 6.47. The molecule has 1 N–H and O–H groups in total. The average molecular weight is 522 g/mol. The standard InChI is InChI=1S/C34H35NO4/c1-33(2)28(23-10-12-26(13-11-23)32(37)38)18-20-34(3)22-35(21-19-29(33)34)31(36)30(24-8-6-5-7-9-24)25-14-16-27(39-4)17-15-25/h5-19,30H,20-22H2,1-4H3,(H,37,38)/t30?,34-/m1/s1. The van der Waals surface area contributed by atoms with Crippen LogP contribution in [0.1, 0.15) is 60.2 Å². The molecule has 3 aromatic rings. The Balaban J connectivity index is 1.45. The number of aromatic carboxylic acids is 1. The lowest BCUT2D eigenvalue weighted by Gasteiger charge is -2.51. The number of rotatable bonds is 6. The molecule has 0 saturated carbocycles. The molecule has 0 spiro atoms. The van der Waals surface area contributed by atoms with Gasteiger partial charge in [0.1, 0.15) is 5.75 Å². The Morgan fingerprint density at radius 3 is 2.13 bits per heavy atom. The average Bonchev–Trinajstić information content (AvgIpc) is 2.93. The molecule has 5 heteroatoms. The van der Waals surface area contributed by atoms with Crippen molar-refractivity contribution in [2.75, 3.05) is 20.2 Å². The largest absolute Gasteiger partial charge is 0.497 e. The summed E-state index contributed by atoms with van der Waals surface area (Å²) >= 11 is 0. The second kappa shape index (κ2) is 10.2. The third-order valence-corrected chi connectivity index (χ3v) is 8.39. The van der Waals surface area contributed by atoms with E-state index in [0.29, 0.717) is 13.1 Å². The molecule has 0 saturated heterocycles. The molecular formula is C34H35NO4. The summed E-state index contributed by atoms with van der Waals surface area (Å²) in [6, 6.07) is 24.9. The van der Waals surface area contributed by atoms with Crippen LogP contribution in [0.3, 0.4) is 0 Å². The van der Waals surface area contributed by atoms with E-state index in [0.717, 1.165) is 28.9 Å². The van der Waals surface area contributed by atoms with Gasteiger partial charge in [-0.25, -0.2) is 4.79 Å². The molecule has 5 nitrogen and oxygen atoms in total. The lowest BCUT2D eigenvalue weighted by atomic mass is 9.58. The van der Waals surface area contributed by atoms with Crippen LogP contribution in [0.15, 0.2) is 96.6 Å². The molecule has 2 atom stereocenters. The van der Waals surface area contributed by atoms with Gasteiger partial charge in [0, 0.05) is 23.9 Å². The zero-order chi connectivity index (χ0) is 27.8. The van der Waals surface area contributed by atoms with Gasteiger partial charge < -0.3 is 14.7 Å². The van der Waals surface area contributed by atoms with Crippen LogP contribution in [0.2, 0.25) is 0 Å². The van der Waals surface area contributed by atoms with Gasteiger partial charge in [0.25, 0.3) is 0 Å². The Bertz CT molecular complexity index is 1430. The van der Waals surface area contributed by atoms with Crippen molar-refractivity contribution in [2.45, 2.75) is 33.1 Å². The van der Waals surface area contributed by atoms with Gasteiger partial charge in [-0.1, -0.05) is 93.1 Å². The molecule has 3 aromatic carbocycles. The van der Waals surface area contributed by atoms with Crippen molar-refractivity contribution in [1.82, 2.24) is 4.90 Å². The summed E-state index contributed by atoms with van der Waals surface area (Å²) in [7, 11) is 1.64. The normalized spacial score (nSPS) is 20.8. The van der Waals surface area contributed by atoms with Gasteiger partial charge in [-0.2, -0.15) is 0 Å². The molecule has 0 aromatic heterocycles. The van der Waals surface area contributed by atoms with Gasteiger partial charge in [0.05, 0.1) is 18.6 Å². The predicted octanol–water partition coefficient (Wildman–Crippen LogP) is 6.81. The summed E-state index contributed by atoms with van der Waals surface area (Å²) in [5.41, 5.74) is 5.34. The van der Waals surface area contributed by atoms with Crippen LogP contribution >= 0.6 is 0 Å². The Morgan fingerprint density at radius 1 is 0.872 bits per heavy atom. The van der Waals surface area contributed by atoms with Crippen molar-refractivity contribution in [3.63, 3.8) is 0 Å². The Hall–Kier alpha value is -4.12. The highest BCUT2D eigenvalue weighted by molar-refractivity contribution is 5.89. The van der Waals surface area contributed by atoms with Crippen molar-refractivity contribution in [3.8, 4) is 5.75 Å². The second-order valence-electron chi connectivity index (χ2n) is 11.3. The van der Waals surface area contributed by atoms with Gasteiger partial charge in [0.15, 0.2) is 0 Å². The lowest BCUT2D eigenvalue weighted by molar-refractivity contribution is -0.133. The number of hydrogen-bond donors (Lipinski definition) is 1. The lowest BCUT2D eigenvalue weighted by Crippen LogP contribution is -2.50. The van der Waals surface area contributed by atoms with Crippen molar-refractivity contribution >= 4 is 17.4 Å². The first-order valence-electron chi connectivity index (χ1n) is 13.4. The first-order valence-corrected chi connectivity index (χ1v) is 13.4. The van der Waals surface area contributed by atoms with E-state index in [2.05, 4.69) is 32.9 Å². The van der Waals surface area contributed by atoms with E-state index < -0.39 is 11.9 Å². The van der Waals surface area contributed by atoms with Crippen molar-refractivity contribution in [3.05, 3.63) is 119 Å². The molecular weight excluding hydrogens is 486 g/mol. The van der Waals surface area contributed by atoms with Gasteiger partial charge in [0.2, 0.25) is 5.91 Å². The highest BCUT2D eigenvalue weighted by atomic mass is 16.5. The second-order valence-corrected chi connectivity index (χ2v) is 11.3. The highest BCUT2D eigenvalue weighted by Gasteiger charge is 2.47. The molecule has 0 bridgehead atoms. The number of carbonyl (C=O) groups excluding carboxylic acids is 1. The van der Waals surface area contributed by atoms with Crippen LogP contribution < -0.4 is 4.74 Å². The number of ether oxygens (including phenoxy) is 1. The number of methoxy groups -OCH3 is 1. The molecule has 1 unspecified atom stereocenters. The van der Waals surface area contributed by atoms with Crippen molar-refractivity contribution < 1.29 is 19.4 Å². The van der Waals surface area contributed by atoms with E-state index >= 15 is 0 Å². The summed E-state index contributed by atoms with van der Waals surface area (Å²) < 4.78 is 5.35. The van der Waals surface area contributed by atoms with E-state index in [1.54, 1.807) is 19.2 Å². The minimum atomic E-state index is -0.922. The minimum absolute atomic E-state index is 0.0970. The van der Waals surface area contributed by atoms with Gasteiger partial charge >= 0.3 is 5.97 Å². The summed E-state index contributed by atoms with van der Waals surface area (Å²) in [5.74, 6) is -0.458. The topological polar surface area (TPSA) is 66.8 Å². The predicted molar refractivity (Wildman–Crippen MR) is 154 cm³/mol. The number of hydrogen-bond acceptors (Lipinski definition) is 3. The number of carbonyl (C=O) groups is 2. The number of carboxylic acids is 1. The minimum Gasteiger partial charge on any atom is -0.497 e. The maximum Gasteiger partial charge on any atom is 0.335 e. The van der Waals surface area contributed by atoms with Crippen LogP contribution in [-0.4, -0.2) is 42.1 Å². The number of carboxylic acid groups (broad SMARTS) is 1. The smallest absolute Gasteiger partial charge is 0.335 e. The maximum absolute atomic E-state index is 14.2. The van der Waals surface area contributed by atoms with Gasteiger partial charge in [-0.05, 0) is 52.9 Å². The van der Waals surface area contributed by atoms with Crippen LogP contribution in [0.4, 0.5) is 0 Å². The molecule has 1 aliphatic heterocycles. The molecule has 200 valence electrons. The van der Waals surface area contributed by atoms with Gasteiger partial charge in [-0.3, -0.25) is 4.79 Å². The molecule has 1 amide bonds. The van der Waals surface area contributed by atoms with E-state index in [1.807, 2.05) is 71.6 Å². The third kappa shape index (κ3) is 4.89. The first kappa shape index (κ1) is 26.5. The molecule has 1 aliphatic carbocycles. The summed E-state index contributed by atoms with van der Waals surface area (Å²) in [6.45, 7) is 7.91. The summed E-state index contributed by atoms with van der Waals surface area (Å²) in [5, 5.41) is 9.29. The number of fused-ring (bicyclic) bond motifs is 1. The number of allylic oxidation sites excluding steroid dienone is 2. The SMILES string of the molecule is COc1ccc(C(C(=O)N2CC=C3C(C)(C)C(c4ccc(C(=O)O)cc4)=CC[C@]3(C)C2)c2ccccc2)cc1. The fraction of sp³-hybridized carbons (Fsp3) is 0.294. The fourth-order valence-electron chi connectivity index (χ4n) is 6.47. The van der Waals surface area contributed by atoms with Crippen LogP contribution in [0, 0.1) is 10.8 Å². The van der Waals surface area contributed by atoms with E-state index in [-0.39, 0.29) is 22.3 Å². The van der Waals surface area contributed by atoms with Crippen LogP contribution in [-0.2, 0) is 4.79 Å². The van der Waals surface area contributed by atoms with Crippen LogP contribution in [0.5, 0.6) is 5.75 Å².